The smallest absolute Gasteiger partial charge is 0.223 e. The van der Waals surface area contributed by atoms with E-state index in [1.165, 1.54) is 6.07 Å². The van der Waals surface area contributed by atoms with Gasteiger partial charge in [-0.1, -0.05) is 0 Å². The predicted octanol–water partition coefficient (Wildman–Crippen LogP) is 2.97. The van der Waals surface area contributed by atoms with E-state index in [2.05, 4.69) is 10.3 Å². The molecule has 1 aromatic carbocycles. The number of H-pyrrole nitrogens is 1. The van der Waals surface area contributed by atoms with Gasteiger partial charge in [-0.25, -0.2) is 4.39 Å². The number of benzene rings is 1. The van der Waals surface area contributed by atoms with Gasteiger partial charge in [0.2, 0.25) is 5.91 Å². The van der Waals surface area contributed by atoms with Crippen molar-refractivity contribution in [2.75, 3.05) is 6.54 Å². The van der Waals surface area contributed by atoms with E-state index in [-0.39, 0.29) is 17.6 Å². The largest absolute Gasteiger partial charge is 0.354 e. The first-order valence-corrected chi connectivity index (χ1v) is 7.90. The molecule has 0 spiro atoms. The molecule has 20 heavy (non-hydrogen) atoms. The summed E-state index contributed by atoms with van der Waals surface area (Å²) in [6, 6.07) is 3.21. The average Bonchev–Trinajstić information content (AvgIpc) is 3.19. The molecule has 0 bridgehead atoms. The number of carbonyl (C=O) groups is 1. The predicted molar refractivity (Wildman–Crippen MR) is 85.5 cm³/mol. The van der Waals surface area contributed by atoms with Crippen molar-refractivity contribution in [3.05, 3.63) is 26.3 Å². The standard InChI is InChI=1S/C13H13FIN3OS/c14-8-5-11-10(6-9(8)15)17-13(20)18(11)4-3-16-12(19)7-1-2-7/h5-7H,1-4H2,(H,16,19)(H,17,20). The van der Waals surface area contributed by atoms with Gasteiger partial charge in [-0.15, -0.1) is 0 Å². The molecule has 1 aromatic heterocycles. The quantitative estimate of drug-likeness (QED) is 0.607. The normalized spacial score (nSPS) is 14.7. The molecule has 0 saturated heterocycles. The molecule has 1 heterocycles. The molecule has 106 valence electrons. The molecule has 0 atom stereocenters. The van der Waals surface area contributed by atoms with Crippen molar-refractivity contribution in [1.82, 2.24) is 14.9 Å². The van der Waals surface area contributed by atoms with Crippen LogP contribution in [0.15, 0.2) is 12.1 Å². The third-order valence-electron chi connectivity index (χ3n) is 3.40. The van der Waals surface area contributed by atoms with Crippen LogP contribution in [0, 0.1) is 20.1 Å². The van der Waals surface area contributed by atoms with Crippen molar-refractivity contribution in [2.24, 2.45) is 5.92 Å². The van der Waals surface area contributed by atoms with Crippen molar-refractivity contribution < 1.29 is 9.18 Å². The highest BCUT2D eigenvalue weighted by molar-refractivity contribution is 14.1. The summed E-state index contributed by atoms with van der Waals surface area (Å²) in [6.45, 7) is 1.04. The molecule has 7 heteroatoms. The zero-order valence-corrected chi connectivity index (χ0v) is 13.6. The maximum absolute atomic E-state index is 13.7. The topological polar surface area (TPSA) is 49.8 Å². The molecule has 1 aliphatic carbocycles. The molecular formula is C13H13FIN3OS. The fraction of sp³-hybridized carbons (Fsp3) is 0.385. The lowest BCUT2D eigenvalue weighted by Crippen LogP contribution is -2.28. The van der Waals surface area contributed by atoms with E-state index in [9.17, 15) is 9.18 Å². The van der Waals surface area contributed by atoms with Crippen LogP contribution in [0.25, 0.3) is 11.0 Å². The number of aromatic amines is 1. The van der Waals surface area contributed by atoms with E-state index >= 15 is 0 Å². The molecule has 2 aromatic rings. The van der Waals surface area contributed by atoms with Crippen LogP contribution in [0.4, 0.5) is 4.39 Å². The molecule has 4 nitrogen and oxygen atoms in total. The summed E-state index contributed by atoms with van der Waals surface area (Å²) in [5, 5.41) is 2.89. The Morgan fingerprint density at radius 3 is 3.00 bits per heavy atom. The lowest BCUT2D eigenvalue weighted by atomic mass is 10.3. The molecule has 0 radical (unpaired) electrons. The van der Waals surface area contributed by atoms with E-state index in [4.69, 9.17) is 12.2 Å². The van der Waals surface area contributed by atoms with E-state index in [0.717, 1.165) is 23.9 Å². The fourth-order valence-electron chi connectivity index (χ4n) is 2.15. The van der Waals surface area contributed by atoms with Crippen molar-refractivity contribution >= 4 is 51.7 Å². The molecule has 0 aliphatic heterocycles. The van der Waals surface area contributed by atoms with Gasteiger partial charge in [-0.2, -0.15) is 0 Å². The Kier molecular flexibility index (Phi) is 3.80. The van der Waals surface area contributed by atoms with Crippen LogP contribution in [-0.2, 0) is 11.3 Å². The van der Waals surface area contributed by atoms with Gasteiger partial charge in [-0.3, -0.25) is 4.79 Å². The Balaban J connectivity index is 1.79. The highest BCUT2D eigenvalue weighted by Gasteiger charge is 2.29. The summed E-state index contributed by atoms with van der Waals surface area (Å²) >= 11 is 7.20. The third kappa shape index (κ3) is 2.73. The second kappa shape index (κ2) is 5.44. The Labute approximate surface area is 133 Å². The van der Waals surface area contributed by atoms with Gasteiger partial charge in [0, 0.05) is 25.1 Å². The molecule has 1 fully saturated rings. The van der Waals surface area contributed by atoms with Crippen LogP contribution < -0.4 is 5.32 Å². The lowest BCUT2D eigenvalue weighted by molar-refractivity contribution is -0.122. The molecular weight excluding hydrogens is 392 g/mol. The minimum Gasteiger partial charge on any atom is -0.354 e. The summed E-state index contributed by atoms with van der Waals surface area (Å²) < 4.78 is 16.6. The van der Waals surface area contributed by atoms with Gasteiger partial charge >= 0.3 is 0 Å². The highest BCUT2D eigenvalue weighted by atomic mass is 127. The number of nitrogens with zero attached hydrogens (tertiary/aromatic N) is 1. The lowest BCUT2D eigenvalue weighted by Gasteiger charge is -2.06. The first-order valence-electron chi connectivity index (χ1n) is 6.41. The number of fused-ring (bicyclic) bond motifs is 1. The van der Waals surface area contributed by atoms with Crippen LogP contribution in [0.2, 0.25) is 0 Å². The van der Waals surface area contributed by atoms with Crippen molar-refractivity contribution in [3.8, 4) is 0 Å². The monoisotopic (exact) mass is 405 g/mol. The maximum Gasteiger partial charge on any atom is 0.223 e. The van der Waals surface area contributed by atoms with E-state index in [1.807, 2.05) is 27.2 Å². The number of carbonyl (C=O) groups excluding carboxylic acids is 1. The van der Waals surface area contributed by atoms with Crippen molar-refractivity contribution in [3.63, 3.8) is 0 Å². The van der Waals surface area contributed by atoms with E-state index < -0.39 is 0 Å². The van der Waals surface area contributed by atoms with Gasteiger partial charge < -0.3 is 14.9 Å². The number of rotatable bonds is 4. The van der Waals surface area contributed by atoms with Crippen molar-refractivity contribution in [1.29, 1.82) is 0 Å². The molecule has 3 rings (SSSR count). The number of amides is 1. The fourth-order valence-corrected chi connectivity index (χ4v) is 2.92. The van der Waals surface area contributed by atoms with Crippen molar-refractivity contribution in [2.45, 2.75) is 19.4 Å². The zero-order chi connectivity index (χ0) is 14.3. The van der Waals surface area contributed by atoms with Gasteiger partial charge in [0.05, 0.1) is 14.6 Å². The number of aromatic nitrogens is 2. The number of hydrogen-bond donors (Lipinski definition) is 2. The van der Waals surface area contributed by atoms with Crippen LogP contribution in [-0.4, -0.2) is 22.0 Å². The van der Waals surface area contributed by atoms with E-state index in [0.29, 0.717) is 21.4 Å². The maximum atomic E-state index is 13.7. The summed E-state index contributed by atoms with van der Waals surface area (Å²) in [7, 11) is 0. The zero-order valence-electron chi connectivity index (χ0n) is 10.6. The molecule has 1 saturated carbocycles. The Hall–Kier alpha value is -0.960. The summed E-state index contributed by atoms with van der Waals surface area (Å²) in [4.78, 5) is 14.6. The SMILES string of the molecule is O=C(NCCn1c(=S)[nH]c2cc(I)c(F)cc21)C1CC1. The second-order valence-electron chi connectivity index (χ2n) is 4.93. The Morgan fingerprint density at radius 1 is 1.55 bits per heavy atom. The Morgan fingerprint density at radius 2 is 2.30 bits per heavy atom. The number of nitrogens with one attached hydrogen (secondary N) is 2. The summed E-state index contributed by atoms with van der Waals surface area (Å²) in [5.41, 5.74) is 1.54. The Bertz CT molecular complexity index is 735. The number of halogens is 2. The summed E-state index contributed by atoms with van der Waals surface area (Å²) in [6.07, 6.45) is 1.98. The van der Waals surface area contributed by atoms with Crippen LogP contribution in [0.1, 0.15) is 12.8 Å². The summed E-state index contributed by atoms with van der Waals surface area (Å²) in [5.74, 6) is 0.0462. The number of imidazole rings is 1. The molecule has 0 unspecified atom stereocenters. The third-order valence-corrected chi connectivity index (χ3v) is 4.55. The number of hydrogen-bond acceptors (Lipinski definition) is 2. The molecule has 2 N–H and O–H groups in total. The first kappa shape index (κ1) is 14.0. The van der Waals surface area contributed by atoms with Gasteiger partial charge in [-0.05, 0) is 53.7 Å². The molecule has 1 aliphatic rings. The van der Waals surface area contributed by atoms with Crippen LogP contribution in [0.5, 0.6) is 0 Å². The average molecular weight is 405 g/mol. The van der Waals surface area contributed by atoms with Crippen LogP contribution >= 0.6 is 34.8 Å². The van der Waals surface area contributed by atoms with Gasteiger partial charge in [0.25, 0.3) is 0 Å². The highest BCUT2D eigenvalue weighted by Crippen LogP contribution is 2.28. The molecule has 1 amide bonds. The minimum absolute atomic E-state index is 0.108. The second-order valence-corrected chi connectivity index (χ2v) is 6.48. The first-order chi connectivity index (χ1) is 9.56. The minimum atomic E-state index is -0.261. The van der Waals surface area contributed by atoms with E-state index in [1.54, 1.807) is 6.07 Å². The van der Waals surface area contributed by atoms with Crippen LogP contribution in [0.3, 0.4) is 0 Å². The van der Waals surface area contributed by atoms with Gasteiger partial charge in [0.1, 0.15) is 5.82 Å². The van der Waals surface area contributed by atoms with Gasteiger partial charge in [0.15, 0.2) is 4.77 Å².